The van der Waals surface area contributed by atoms with Gasteiger partial charge in [-0.15, -0.1) is 0 Å². The van der Waals surface area contributed by atoms with E-state index >= 15 is 0 Å². The number of hydrogen-bond acceptors (Lipinski definition) is 3. The number of nitrogens with one attached hydrogen (secondary N) is 1. The fraction of sp³-hybridized carbons (Fsp3) is 0.571. The smallest absolute Gasteiger partial charge is 0.138 e. The van der Waals surface area contributed by atoms with E-state index in [1.165, 1.54) is 12.5 Å². The molecule has 0 radical (unpaired) electrons. The van der Waals surface area contributed by atoms with E-state index in [0.717, 1.165) is 19.6 Å². The molecule has 1 aromatic carbocycles. The highest BCUT2D eigenvalue weighted by Gasteiger charge is 2.24. The number of likely N-dealkylation sites (tertiary alicyclic amines) is 1. The Morgan fingerprint density at radius 1 is 1.53 bits per heavy atom. The lowest BCUT2D eigenvalue weighted by atomic mass is 10.1. The zero-order chi connectivity index (χ0) is 14.0. The molecule has 106 valence electrons. The molecule has 1 unspecified atom stereocenters. The maximum atomic E-state index is 13.5. The van der Waals surface area contributed by atoms with Crippen molar-refractivity contribution in [1.82, 2.24) is 4.90 Å². The van der Waals surface area contributed by atoms with Gasteiger partial charge in [-0.2, -0.15) is 0 Å². The Bertz CT molecular complexity index is 451. The van der Waals surface area contributed by atoms with Crippen LogP contribution in [0, 0.1) is 15.3 Å². The topological polar surface area (TPSA) is 41.3 Å². The van der Waals surface area contributed by atoms with Crippen molar-refractivity contribution in [3.8, 4) is 0 Å². The molecule has 1 saturated heterocycles. The SMILES string of the molecule is CC(C)N1CCC(CNc2cc(F)c(I)cc2N)C1. The molecular weight excluding hydrogens is 356 g/mol. The summed E-state index contributed by atoms with van der Waals surface area (Å²) in [5.41, 5.74) is 7.23. The van der Waals surface area contributed by atoms with Crippen molar-refractivity contribution in [3.63, 3.8) is 0 Å². The third kappa shape index (κ3) is 3.72. The van der Waals surface area contributed by atoms with Crippen LogP contribution < -0.4 is 11.1 Å². The van der Waals surface area contributed by atoms with Crippen LogP contribution in [0.2, 0.25) is 0 Å². The normalized spacial score (nSPS) is 20.2. The lowest BCUT2D eigenvalue weighted by molar-refractivity contribution is 0.266. The summed E-state index contributed by atoms with van der Waals surface area (Å²) >= 11 is 1.95. The first-order valence-corrected chi connectivity index (χ1v) is 7.77. The van der Waals surface area contributed by atoms with Crippen LogP contribution in [-0.4, -0.2) is 30.6 Å². The van der Waals surface area contributed by atoms with Gasteiger partial charge in [0, 0.05) is 25.2 Å². The molecule has 1 atom stereocenters. The van der Waals surface area contributed by atoms with Gasteiger partial charge in [0.25, 0.3) is 0 Å². The molecule has 19 heavy (non-hydrogen) atoms. The highest BCUT2D eigenvalue weighted by molar-refractivity contribution is 14.1. The van der Waals surface area contributed by atoms with Crippen molar-refractivity contribution in [3.05, 3.63) is 21.5 Å². The fourth-order valence-electron chi connectivity index (χ4n) is 2.47. The molecule has 5 heteroatoms. The molecule has 0 amide bonds. The Morgan fingerprint density at radius 3 is 2.89 bits per heavy atom. The largest absolute Gasteiger partial charge is 0.397 e. The number of nitrogen functional groups attached to an aromatic ring is 1. The highest BCUT2D eigenvalue weighted by Crippen LogP contribution is 2.25. The fourth-order valence-corrected chi connectivity index (χ4v) is 2.96. The monoisotopic (exact) mass is 377 g/mol. The molecule has 0 spiro atoms. The van der Waals surface area contributed by atoms with Gasteiger partial charge in [-0.1, -0.05) is 0 Å². The van der Waals surface area contributed by atoms with Gasteiger partial charge in [0.2, 0.25) is 0 Å². The number of rotatable bonds is 4. The molecular formula is C14H21FIN3. The Labute approximate surface area is 127 Å². The van der Waals surface area contributed by atoms with Crippen LogP contribution in [0.5, 0.6) is 0 Å². The molecule has 1 aromatic rings. The van der Waals surface area contributed by atoms with E-state index in [1.54, 1.807) is 6.07 Å². The van der Waals surface area contributed by atoms with Crippen LogP contribution in [-0.2, 0) is 0 Å². The maximum absolute atomic E-state index is 13.5. The van der Waals surface area contributed by atoms with Crippen molar-refractivity contribution >= 4 is 34.0 Å². The lowest BCUT2D eigenvalue weighted by Gasteiger charge is -2.20. The van der Waals surface area contributed by atoms with Gasteiger partial charge in [-0.05, 0) is 61.4 Å². The third-order valence-electron chi connectivity index (χ3n) is 3.72. The predicted molar refractivity (Wildman–Crippen MR) is 86.8 cm³/mol. The Balaban J connectivity index is 1.91. The average Bonchev–Trinajstić information content (AvgIpc) is 2.81. The van der Waals surface area contributed by atoms with Crippen LogP contribution in [0.4, 0.5) is 15.8 Å². The first-order chi connectivity index (χ1) is 8.97. The van der Waals surface area contributed by atoms with Gasteiger partial charge in [0.1, 0.15) is 5.82 Å². The quantitative estimate of drug-likeness (QED) is 0.626. The van der Waals surface area contributed by atoms with Gasteiger partial charge in [0.15, 0.2) is 0 Å². The minimum absolute atomic E-state index is 0.215. The number of nitrogens with two attached hydrogens (primary N) is 1. The van der Waals surface area contributed by atoms with E-state index in [2.05, 4.69) is 24.1 Å². The van der Waals surface area contributed by atoms with Crippen LogP contribution in [0.3, 0.4) is 0 Å². The molecule has 0 aromatic heterocycles. The van der Waals surface area contributed by atoms with Crippen molar-refractivity contribution in [2.24, 2.45) is 5.92 Å². The van der Waals surface area contributed by atoms with Gasteiger partial charge >= 0.3 is 0 Å². The van der Waals surface area contributed by atoms with Crippen molar-refractivity contribution in [1.29, 1.82) is 0 Å². The Hall–Kier alpha value is -0.560. The van der Waals surface area contributed by atoms with Gasteiger partial charge in [-0.3, -0.25) is 0 Å². The molecule has 1 heterocycles. The lowest BCUT2D eigenvalue weighted by Crippen LogP contribution is -2.29. The molecule has 1 aliphatic rings. The van der Waals surface area contributed by atoms with E-state index < -0.39 is 0 Å². The van der Waals surface area contributed by atoms with E-state index in [-0.39, 0.29) is 5.82 Å². The number of benzene rings is 1. The maximum Gasteiger partial charge on any atom is 0.138 e. The predicted octanol–water partition coefficient (Wildman–Crippen LogP) is 3.15. The second-order valence-corrected chi connectivity index (χ2v) is 6.64. The second kappa shape index (κ2) is 6.26. The summed E-state index contributed by atoms with van der Waals surface area (Å²) in [6.07, 6.45) is 1.19. The van der Waals surface area contributed by atoms with E-state index in [0.29, 0.717) is 26.9 Å². The first-order valence-electron chi connectivity index (χ1n) is 6.69. The summed E-state index contributed by atoms with van der Waals surface area (Å²) in [7, 11) is 0. The number of hydrogen-bond donors (Lipinski definition) is 2. The molecule has 3 nitrogen and oxygen atoms in total. The van der Waals surface area contributed by atoms with Crippen molar-refractivity contribution in [2.45, 2.75) is 26.3 Å². The minimum Gasteiger partial charge on any atom is -0.397 e. The van der Waals surface area contributed by atoms with Gasteiger partial charge in [-0.25, -0.2) is 4.39 Å². The number of halogens is 2. The second-order valence-electron chi connectivity index (χ2n) is 5.48. The minimum atomic E-state index is -0.215. The van der Waals surface area contributed by atoms with Crippen LogP contribution in [0.15, 0.2) is 12.1 Å². The van der Waals surface area contributed by atoms with Gasteiger partial charge < -0.3 is 16.0 Å². The summed E-state index contributed by atoms with van der Waals surface area (Å²) in [4.78, 5) is 2.48. The molecule has 0 bridgehead atoms. The Morgan fingerprint density at radius 2 is 2.26 bits per heavy atom. The summed E-state index contributed by atoms with van der Waals surface area (Å²) in [5.74, 6) is 0.400. The average molecular weight is 377 g/mol. The number of anilines is 2. The molecule has 0 aliphatic carbocycles. The van der Waals surface area contributed by atoms with E-state index in [9.17, 15) is 4.39 Å². The molecule has 0 saturated carbocycles. The van der Waals surface area contributed by atoms with Crippen LogP contribution in [0.1, 0.15) is 20.3 Å². The molecule has 3 N–H and O–H groups in total. The summed E-state index contributed by atoms with van der Waals surface area (Å²) in [6.45, 7) is 7.57. The Kier molecular flexibility index (Phi) is 4.89. The van der Waals surface area contributed by atoms with Crippen molar-refractivity contribution in [2.75, 3.05) is 30.7 Å². The summed E-state index contributed by atoms with van der Waals surface area (Å²) < 4.78 is 14.1. The standard InChI is InChI=1S/C14H21FIN3/c1-9(2)19-4-3-10(8-19)7-18-14-5-11(15)12(16)6-13(14)17/h5-6,9-10,18H,3-4,7-8,17H2,1-2H3. The van der Waals surface area contributed by atoms with Crippen LogP contribution in [0.25, 0.3) is 0 Å². The van der Waals surface area contributed by atoms with Crippen LogP contribution >= 0.6 is 22.6 Å². The van der Waals surface area contributed by atoms with E-state index in [4.69, 9.17) is 5.73 Å². The molecule has 1 aliphatic heterocycles. The zero-order valence-electron chi connectivity index (χ0n) is 11.4. The highest BCUT2D eigenvalue weighted by atomic mass is 127. The zero-order valence-corrected chi connectivity index (χ0v) is 13.6. The van der Waals surface area contributed by atoms with E-state index in [1.807, 2.05) is 22.6 Å². The summed E-state index contributed by atoms with van der Waals surface area (Å²) in [6, 6.07) is 3.77. The molecule has 1 fully saturated rings. The third-order valence-corrected chi connectivity index (χ3v) is 4.55. The first kappa shape index (κ1) is 14.8. The number of nitrogens with zero attached hydrogens (tertiary/aromatic N) is 1. The molecule has 2 rings (SSSR count). The van der Waals surface area contributed by atoms with Crippen molar-refractivity contribution < 1.29 is 4.39 Å². The summed E-state index contributed by atoms with van der Waals surface area (Å²) in [5, 5.41) is 3.29. The van der Waals surface area contributed by atoms with Gasteiger partial charge in [0.05, 0.1) is 14.9 Å².